The van der Waals surface area contributed by atoms with Gasteiger partial charge < -0.3 is 4.57 Å². The molecule has 0 atom stereocenters. The third-order valence-corrected chi connectivity index (χ3v) is 3.13. The van der Waals surface area contributed by atoms with E-state index >= 15 is 0 Å². The standard InChI is InChI=1S/C13H11N3O5/c1-9-10(3-2-4-12(9)16(20)21)7-14-8-11(15(18)19)5-6-13(14)17/h2-6,8H,7H2,1H3. The first-order valence-electron chi connectivity index (χ1n) is 5.98. The molecule has 0 unspecified atom stereocenters. The number of nitro groups is 2. The van der Waals surface area contributed by atoms with Crippen LogP contribution in [-0.2, 0) is 6.54 Å². The molecule has 0 radical (unpaired) electrons. The fourth-order valence-corrected chi connectivity index (χ4v) is 1.97. The van der Waals surface area contributed by atoms with Crippen LogP contribution in [-0.4, -0.2) is 14.4 Å². The van der Waals surface area contributed by atoms with E-state index in [1.807, 2.05) is 0 Å². The van der Waals surface area contributed by atoms with Crippen LogP contribution in [0, 0.1) is 27.2 Å². The first kappa shape index (κ1) is 14.4. The van der Waals surface area contributed by atoms with E-state index in [4.69, 9.17) is 0 Å². The molecule has 0 fully saturated rings. The van der Waals surface area contributed by atoms with Crippen LogP contribution < -0.4 is 5.56 Å². The molecule has 21 heavy (non-hydrogen) atoms. The van der Waals surface area contributed by atoms with Gasteiger partial charge in [0.1, 0.15) is 0 Å². The monoisotopic (exact) mass is 289 g/mol. The number of hydrogen-bond acceptors (Lipinski definition) is 5. The Labute approximate surface area is 118 Å². The minimum absolute atomic E-state index is 0.0357. The van der Waals surface area contributed by atoms with Crippen LogP contribution >= 0.6 is 0 Å². The number of aromatic nitrogens is 1. The quantitative estimate of drug-likeness (QED) is 0.632. The molecule has 8 nitrogen and oxygen atoms in total. The minimum Gasteiger partial charge on any atom is -0.304 e. The molecule has 0 bridgehead atoms. The Kier molecular flexibility index (Phi) is 3.79. The van der Waals surface area contributed by atoms with Crippen molar-refractivity contribution >= 4 is 11.4 Å². The van der Waals surface area contributed by atoms with Crippen molar-refractivity contribution in [2.24, 2.45) is 0 Å². The number of nitro benzene ring substituents is 1. The lowest BCUT2D eigenvalue weighted by Crippen LogP contribution is -2.20. The first-order chi connectivity index (χ1) is 9.90. The molecule has 108 valence electrons. The Morgan fingerprint density at radius 3 is 2.43 bits per heavy atom. The number of pyridine rings is 1. The van der Waals surface area contributed by atoms with Crippen molar-refractivity contribution in [1.29, 1.82) is 0 Å². The van der Waals surface area contributed by atoms with Crippen molar-refractivity contribution in [3.63, 3.8) is 0 Å². The maximum absolute atomic E-state index is 11.7. The molecule has 0 amide bonds. The second-order valence-corrected chi connectivity index (χ2v) is 4.43. The molecular weight excluding hydrogens is 278 g/mol. The van der Waals surface area contributed by atoms with Gasteiger partial charge in [0.05, 0.1) is 22.6 Å². The summed E-state index contributed by atoms with van der Waals surface area (Å²) in [6.45, 7) is 1.61. The van der Waals surface area contributed by atoms with E-state index in [-0.39, 0.29) is 17.9 Å². The zero-order valence-electron chi connectivity index (χ0n) is 11.1. The van der Waals surface area contributed by atoms with Gasteiger partial charge >= 0.3 is 0 Å². The first-order valence-corrected chi connectivity index (χ1v) is 5.98. The van der Waals surface area contributed by atoms with Crippen molar-refractivity contribution in [1.82, 2.24) is 4.57 Å². The lowest BCUT2D eigenvalue weighted by atomic mass is 10.1. The Morgan fingerprint density at radius 1 is 1.10 bits per heavy atom. The van der Waals surface area contributed by atoms with Gasteiger partial charge in [-0.25, -0.2) is 0 Å². The van der Waals surface area contributed by atoms with Gasteiger partial charge in [-0.05, 0) is 12.5 Å². The molecule has 0 saturated carbocycles. The summed E-state index contributed by atoms with van der Waals surface area (Å²) in [5.74, 6) is 0. The van der Waals surface area contributed by atoms with Crippen LogP contribution in [0.1, 0.15) is 11.1 Å². The second kappa shape index (κ2) is 5.53. The summed E-state index contributed by atoms with van der Waals surface area (Å²) >= 11 is 0. The van der Waals surface area contributed by atoms with Gasteiger partial charge in [-0.2, -0.15) is 0 Å². The Balaban J connectivity index is 2.46. The molecule has 0 N–H and O–H groups in total. The molecule has 0 saturated heterocycles. The summed E-state index contributed by atoms with van der Waals surface area (Å²) in [7, 11) is 0. The summed E-state index contributed by atoms with van der Waals surface area (Å²) in [4.78, 5) is 32.2. The van der Waals surface area contributed by atoms with E-state index in [2.05, 4.69) is 0 Å². The summed E-state index contributed by atoms with van der Waals surface area (Å²) in [6, 6.07) is 6.76. The van der Waals surface area contributed by atoms with E-state index in [1.54, 1.807) is 13.0 Å². The van der Waals surface area contributed by atoms with Gasteiger partial charge in [-0.15, -0.1) is 0 Å². The summed E-state index contributed by atoms with van der Waals surface area (Å²) < 4.78 is 1.16. The van der Waals surface area contributed by atoms with E-state index in [0.717, 1.165) is 22.9 Å². The largest absolute Gasteiger partial charge is 0.304 e. The van der Waals surface area contributed by atoms with Gasteiger partial charge in [0.15, 0.2) is 0 Å². The van der Waals surface area contributed by atoms with Gasteiger partial charge in [-0.1, -0.05) is 12.1 Å². The second-order valence-electron chi connectivity index (χ2n) is 4.43. The molecule has 0 spiro atoms. The number of hydrogen-bond donors (Lipinski definition) is 0. The fraction of sp³-hybridized carbons (Fsp3) is 0.154. The van der Waals surface area contributed by atoms with E-state index < -0.39 is 15.4 Å². The molecule has 1 aromatic carbocycles. The van der Waals surface area contributed by atoms with Gasteiger partial charge in [0.2, 0.25) is 0 Å². The van der Waals surface area contributed by atoms with Crippen LogP contribution in [0.3, 0.4) is 0 Å². The summed E-state index contributed by atoms with van der Waals surface area (Å²) in [5, 5.41) is 21.6. The Morgan fingerprint density at radius 2 is 1.81 bits per heavy atom. The van der Waals surface area contributed by atoms with Gasteiger partial charge in [-0.3, -0.25) is 25.0 Å². The van der Waals surface area contributed by atoms with Crippen LogP contribution in [0.4, 0.5) is 11.4 Å². The molecule has 0 aliphatic rings. The highest BCUT2D eigenvalue weighted by Gasteiger charge is 2.14. The maximum Gasteiger partial charge on any atom is 0.285 e. The lowest BCUT2D eigenvalue weighted by Gasteiger charge is -2.08. The van der Waals surface area contributed by atoms with Crippen LogP contribution in [0.25, 0.3) is 0 Å². The molecule has 1 aromatic heterocycles. The molecular formula is C13H11N3O5. The summed E-state index contributed by atoms with van der Waals surface area (Å²) in [6.07, 6.45) is 1.13. The number of nitrogens with zero attached hydrogens (tertiary/aromatic N) is 3. The van der Waals surface area contributed by atoms with Gasteiger partial charge in [0, 0.05) is 23.8 Å². The average molecular weight is 289 g/mol. The molecule has 2 aromatic rings. The van der Waals surface area contributed by atoms with Crippen molar-refractivity contribution in [2.45, 2.75) is 13.5 Å². The van der Waals surface area contributed by atoms with Crippen molar-refractivity contribution < 1.29 is 9.85 Å². The SMILES string of the molecule is Cc1c(Cn2cc([N+](=O)[O-])ccc2=O)cccc1[N+](=O)[O-]. The third kappa shape index (κ3) is 2.94. The number of benzene rings is 1. The van der Waals surface area contributed by atoms with E-state index in [1.165, 1.54) is 12.1 Å². The average Bonchev–Trinajstić information content (AvgIpc) is 2.42. The molecule has 0 aliphatic heterocycles. The van der Waals surface area contributed by atoms with Crippen LogP contribution in [0.2, 0.25) is 0 Å². The number of rotatable bonds is 4. The third-order valence-electron chi connectivity index (χ3n) is 3.13. The van der Waals surface area contributed by atoms with Gasteiger partial charge in [0.25, 0.3) is 16.9 Å². The zero-order valence-corrected chi connectivity index (χ0v) is 11.1. The molecule has 0 aliphatic carbocycles. The highest BCUT2D eigenvalue weighted by molar-refractivity contribution is 5.44. The predicted octanol–water partition coefficient (Wildman–Crippen LogP) is 2.02. The Hall–Kier alpha value is -3.03. The normalized spacial score (nSPS) is 10.3. The Bertz CT molecular complexity index is 782. The highest BCUT2D eigenvalue weighted by Crippen LogP contribution is 2.21. The molecule has 8 heteroatoms. The topological polar surface area (TPSA) is 108 Å². The predicted molar refractivity (Wildman–Crippen MR) is 74.3 cm³/mol. The lowest BCUT2D eigenvalue weighted by molar-refractivity contribution is -0.385. The van der Waals surface area contributed by atoms with Crippen molar-refractivity contribution in [3.05, 3.63) is 78.2 Å². The van der Waals surface area contributed by atoms with Crippen molar-refractivity contribution in [2.75, 3.05) is 0 Å². The van der Waals surface area contributed by atoms with E-state index in [9.17, 15) is 25.0 Å². The minimum atomic E-state index is -0.601. The highest BCUT2D eigenvalue weighted by atomic mass is 16.6. The molecule has 1 heterocycles. The smallest absolute Gasteiger partial charge is 0.285 e. The van der Waals surface area contributed by atoms with Crippen molar-refractivity contribution in [3.8, 4) is 0 Å². The van der Waals surface area contributed by atoms with Crippen LogP contribution in [0.5, 0.6) is 0 Å². The summed E-state index contributed by atoms with van der Waals surface area (Å²) in [5.41, 5.74) is 0.322. The maximum atomic E-state index is 11.7. The van der Waals surface area contributed by atoms with E-state index in [0.29, 0.717) is 11.1 Å². The zero-order chi connectivity index (χ0) is 15.6. The fourth-order valence-electron chi connectivity index (χ4n) is 1.97. The molecule has 2 rings (SSSR count). The van der Waals surface area contributed by atoms with Crippen LogP contribution in [0.15, 0.2) is 41.3 Å².